The van der Waals surface area contributed by atoms with Gasteiger partial charge < -0.3 is 9.30 Å². The molecule has 1 heterocycles. The first kappa shape index (κ1) is 18.7. The van der Waals surface area contributed by atoms with E-state index in [1.54, 1.807) is 11.8 Å². The van der Waals surface area contributed by atoms with Gasteiger partial charge in [0.2, 0.25) is 0 Å². The van der Waals surface area contributed by atoms with Crippen LogP contribution in [0.4, 0.5) is 4.39 Å². The number of nitrogens with zero attached hydrogens (tertiary/aromatic N) is 3. The summed E-state index contributed by atoms with van der Waals surface area (Å²) in [6, 6.07) is 12.4. The van der Waals surface area contributed by atoms with Crippen LogP contribution in [0.25, 0.3) is 0 Å². The minimum atomic E-state index is -0.400. The molecule has 7 heteroatoms. The third kappa shape index (κ3) is 4.37. The number of hydrogen-bond acceptors (Lipinski definition) is 4. The lowest BCUT2D eigenvalue weighted by atomic mass is 10.2. The van der Waals surface area contributed by atoms with Crippen molar-refractivity contribution in [2.24, 2.45) is 7.05 Å². The van der Waals surface area contributed by atoms with Crippen LogP contribution in [0.15, 0.2) is 47.6 Å². The molecular formula is C19H19ClFN3OS. The highest BCUT2D eigenvalue weighted by atomic mass is 35.5. The van der Waals surface area contributed by atoms with E-state index in [0.717, 1.165) is 10.9 Å². The topological polar surface area (TPSA) is 39.9 Å². The molecule has 3 aromatic rings. The fraction of sp³-hybridized carbons (Fsp3) is 0.263. The quantitative estimate of drug-likeness (QED) is 0.531. The fourth-order valence-corrected chi connectivity index (χ4v) is 3.64. The van der Waals surface area contributed by atoms with Gasteiger partial charge in [-0.1, -0.05) is 53.2 Å². The normalized spacial score (nSPS) is 12.2. The predicted octanol–water partition coefficient (Wildman–Crippen LogP) is 5.35. The molecule has 0 saturated carbocycles. The Kier molecular flexibility index (Phi) is 5.84. The maximum atomic E-state index is 13.2. The fourth-order valence-electron chi connectivity index (χ4n) is 2.57. The van der Waals surface area contributed by atoms with Gasteiger partial charge in [0.05, 0.1) is 5.02 Å². The van der Waals surface area contributed by atoms with Gasteiger partial charge >= 0.3 is 0 Å². The molecule has 0 spiro atoms. The first-order chi connectivity index (χ1) is 12.4. The monoisotopic (exact) mass is 391 g/mol. The highest BCUT2D eigenvalue weighted by Gasteiger charge is 2.18. The average molecular weight is 392 g/mol. The molecule has 136 valence electrons. The summed E-state index contributed by atoms with van der Waals surface area (Å²) in [5.41, 5.74) is 2.47. The van der Waals surface area contributed by atoms with Gasteiger partial charge in [0.1, 0.15) is 11.6 Å². The maximum Gasteiger partial charge on any atom is 0.191 e. The van der Waals surface area contributed by atoms with E-state index in [1.807, 2.05) is 18.5 Å². The molecule has 0 saturated heterocycles. The third-order valence-corrected chi connectivity index (χ3v) is 5.27. The van der Waals surface area contributed by atoms with Crippen molar-refractivity contribution in [2.75, 3.05) is 0 Å². The Labute approximate surface area is 161 Å². The van der Waals surface area contributed by atoms with Gasteiger partial charge in [0, 0.05) is 12.8 Å². The molecule has 2 aromatic carbocycles. The molecule has 1 aromatic heterocycles. The number of ether oxygens (including phenoxy) is 1. The number of halogens is 2. The van der Waals surface area contributed by atoms with E-state index in [1.165, 1.54) is 29.3 Å². The highest BCUT2D eigenvalue weighted by molar-refractivity contribution is 7.98. The van der Waals surface area contributed by atoms with E-state index in [2.05, 4.69) is 41.4 Å². The first-order valence-corrected chi connectivity index (χ1v) is 9.49. The van der Waals surface area contributed by atoms with Gasteiger partial charge in [0.25, 0.3) is 0 Å². The lowest BCUT2D eigenvalue weighted by Crippen LogP contribution is -2.10. The standard InChI is InChI=1S/C19H19ClFN3OS/c1-12-5-4-6-14(9-12)11-26-19-23-22-18(24(19)3)13(2)25-17-8-7-15(21)10-16(17)20/h4-10,13H,11H2,1-3H3/t13-/m0/s1. The largest absolute Gasteiger partial charge is 0.481 e. The van der Waals surface area contributed by atoms with Crippen LogP contribution in [-0.2, 0) is 12.8 Å². The second-order valence-electron chi connectivity index (χ2n) is 6.01. The van der Waals surface area contributed by atoms with Crippen molar-refractivity contribution < 1.29 is 9.13 Å². The zero-order valence-electron chi connectivity index (χ0n) is 14.7. The molecule has 0 aliphatic carbocycles. The number of benzene rings is 2. The Balaban J connectivity index is 1.69. The molecule has 3 rings (SSSR count). The second kappa shape index (κ2) is 8.10. The van der Waals surface area contributed by atoms with Crippen LogP contribution in [0.1, 0.15) is 30.0 Å². The van der Waals surface area contributed by atoms with Crippen LogP contribution in [0.5, 0.6) is 5.75 Å². The summed E-state index contributed by atoms with van der Waals surface area (Å²) in [6.45, 7) is 3.94. The zero-order valence-corrected chi connectivity index (χ0v) is 16.3. The van der Waals surface area contributed by atoms with E-state index in [4.69, 9.17) is 16.3 Å². The van der Waals surface area contributed by atoms with E-state index < -0.39 is 5.82 Å². The third-order valence-electron chi connectivity index (χ3n) is 3.88. The number of thioether (sulfide) groups is 1. The number of aromatic nitrogens is 3. The van der Waals surface area contributed by atoms with E-state index in [9.17, 15) is 4.39 Å². The number of rotatable bonds is 6. The maximum absolute atomic E-state index is 13.2. The van der Waals surface area contributed by atoms with E-state index >= 15 is 0 Å². The van der Waals surface area contributed by atoms with Gasteiger partial charge in [-0.2, -0.15) is 0 Å². The van der Waals surface area contributed by atoms with Crippen LogP contribution in [0.2, 0.25) is 5.02 Å². The average Bonchev–Trinajstić information content (AvgIpc) is 2.96. The minimum Gasteiger partial charge on any atom is -0.481 e. The zero-order chi connectivity index (χ0) is 18.7. The first-order valence-electron chi connectivity index (χ1n) is 8.13. The van der Waals surface area contributed by atoms with Gasteiger partial charge in [-0.3, -0.25) is 0 Å². The molecule has 0 radical (unpaired) electrons. The molecule has 1 atom stereocenters. The highest BCUT2D eigenvalue weighted by Crippen LogP contribution is 2.30. The minimum absolute atomic E-state index is 0.230. The summed E-state index contributed by atoms with van der Waals surface area (Å²) >= 11 is 7.64. The van der Waals surface area contributed by atoms with Gasteiger partial charge in [-0.15, -0.1) is 10.2 Å². The van der Waals surface area contributed by atoms with Crippen molar-refractivity contribution in [1.82, 2.24) is 14.8 Å². The molecule has 0 aliphatic heterocycles. The van der Waals surface area contributed by atoms with Crippen LogP contribution < -0.4 is 4.74 Å². The second-order valence-corrected chi connectivity index (χ2v) is 7.36. The lowest BCUT2D eigenvalue weighted by Gasteiger charge is -2.15. The predicted molar refractivity (Wildman–Crippen MR) is 102 cm³/mol. The molecule has 0 aliphatic rings. The summed E-state index contributed by atoms with van der Waals surface area (Å²) < 4.78 is 20.9. The van der Waals surface area contributed by atoms with E-state index in [-0.39, 0.29) is 11.1 Å². The Morgan fingerprint density at radius 2 is 2.04 bits per heavy atom. The van der Waals surface area contributed by atoms with Gasteiger partial charge in [-0.05, 0) is 37.6 Å². The molecule has 0 bridgehead atoms. The van der Waals surface area contributed by atoms with Crippen molar-refractivity contribution in [3.63, 3.8) is 0 Å². The Bertz CT molecular complexity index is 916. The van der Waals surface area contributed by atoms with Crippen LogP contribution in [0.3, 0.4) is 0 Å². The number of hydrogen-bond donors (Lipinski definition) is 0. The van der Waals surface area contributed by atoms with Crippen molar-refractivity contribution in [3.05, 3.63) is 70.3 Å². The van der Waals surface area contributed by atoms with Crippen molar-refractivity contribution >= 4 is 23.4 Å². The Morgan fingerprint density at radius 3 is 2.77 bits per heavy atom. The van der Waals surface area contributed by atoms with Crippen molar-refractivity contribution in [1.29, 1.82) is 0 Å². The smallest absolute Gasteiger partial charge is 0.191 e. The molecule has 0 unspecified atom stereocenters. The molecule has 0 N–H and O–H groups in total. The van der Waals surface area contributed by atoms with Crippen molar-refractivity contribution in [2.45, 2.75) is 30.9 Å². The van der Waals surface area contributed by atoms with Crippen molar-refractivity contribution in [3.8, 4) is 5.75 Å². The van der Waals surface area contributed by atoms with Gasteiger partial charge in [-0.25, -0.2) is 4.39 Å². The molecule has 4 nitrogen and oxygen atoms in total. The summed E-state index contributed by atoms with van der Waals surface area (Å²) in [5, 5.41) is 9.53. The summed E-state index contributed by atoms with van der Waals surface area (Å²) in [4.78, 5) is 0. The Hall–Kier alpha value is -2.05. The Morgan fingerprint density at radius 1 is 1.23 bits per heavy atom. The number of aryl methyl sites for hydroxylation is 1. The molecular weight excluding hydrogens is 373 g/mol. The SMILES string of the molecule is Cc1cccc(CSc2nnc([C@H](C)Oc3ccc(F)cc3Cl)n2C)c1. The van der Waals surface area contributed by atoms with Crippen LogP contribution in [0, 0.1) is 12.7 Å². The summed E-state index contributed by atoms with van der Waals surface area (Å²) in [5.74, 6) is 1.50. The summed E-state index contributed by atoms with van der Waals surface area (Å²) in [6.07, 6.45) is -0.371. The van der Waals surface area contributed by atoms with Gasteiger partial charge in [0.15, 0.2) is 17.1 Å². The van der Waals surface area contributed by atoms with Crippen LogP contribution in [-0.4, -0.2) is 14.8 Å². The summed E-state index contributed by atoms with van der Waals surface area (Å²) in [7, 11) is 1.90. The molecule has 26 heavy (non-hydrogen) atoms. The van der Waals surface area contributed by atoms with E-state index in [0.29, 0.717) is 11.6 Å². The molecule has 0 fully saturated rings. The molecule has 0 amide bonds. The van der Waals surface area contributed by atoms with Crippen LogP contribution >= 0.6 is 23.4 Å². The lowest BCUT2D eigenvalue weighted by molar-refractivity contribution is 0.211.